The van der Waals surface area contributed by atoms with Gasteiger partial charge in [-0.3, -0.25) is 4.79 Å². The second kappa shape index (κ2) is 3.82. The number of ether oxygens (including phenoxy) is 1. The summed E-state index contributed by atoms with van der Waals surface area (Å²) in [4.78, 5) is 11.3. The summed E-state index contributed by atoms with van der Waals surface area (Å²) in [6.45, 7) is 0.652. The van der Waals surface area contributed by atoms with Crippen LogP contribution in [0.15, 0.2) is 29.6 Å². The van der Waals surface area contributed by atoms with Gasteiger partial charge >= 0.3 is 5.97 Å². The lowest BCUT2D eigenvalue weighted by Crippen LogP contribution is -2.50. The largest absolute Gasteiger partial charge is 0.481 e. The minimum atomic E-state index is -0.751. The second-order valence-electron chi connectivity index (χ2n) is 4.51. The fraction of sp³-hybridized carbons (Fsp3) is 0.308. The van der Waals surface area contributed by atoms with E-state index in [1.54, 1.807) is 11.3 Å². The number of aliphatic carboxylic acids is 1. The molecule has 3 rings (SSSR count). The van der Waals surface area contributed by atoms with Crippen LogP contribution >= 0.6 is 11.3 Å². The Balaban J connectivity index is 1.97. The predicted octanol–water partition coefficient (Wildman–Crippen LogP) is 2.55. The van der Waals surface area contributed by atoms with Gasteiger partial charge in [0, 0.05) is 4.70 Å². The second-order valence-corrected chi connectivity index (χ2v) is 5.42. The Labute approximate surface area is 103 Å². The van der Waals surface area contributed by atoms with E-state index in [0.29, 0.717) is 19.6 Å². The van der Waals surface area contributed by atoms with E-state index in [1.165, 1.54) is 10.1 Å². The molecule has 1 aliphatic rings. The average molecular weight is 248 g/mol. The maximum absolute atomic E-state index is 11.3. The number of fused-ring (bicyclic) bond motifs is 1. The molecule has 2 heterocycles. The molecule has 2 aromatic rings. The van der Waals surface area contributed by atoms with Gasteiger partial charge in [-0.25, -0.2) is 0 Å². The first-order valence-corrected chi connectivity index (χ1v) is 6.35. The molecule has 1 fully saturated rings. The minimum absolute atomic E-state index is 0.326. The van der Waals surface area contributed by atoms with Crippen molar-refractivity contribution in [2.24, 2.45) is 5.41 Å². The van der Waals surface area contributed by atoms with Crippen molar-refractivity contribution < 1.29 is 14.6 Å². The molecule has 1 saturated heterocycles. The molecule has 4 heteroatoms. The van der Waals surface area contributed by atoms with E-state index in [9.17, 15) is 9.90 Å². The van der Waals surface area contributed by atoms with Crippen LogP contribution in [-0.2, 0) is 16.0 Å². The van der Waals surface area contributed by atoms with Crippen molar-refractivity contribution >= 4 is 27.4 Å². The van der Waals surface area contributed by atoms with Crippen molar-refractivity contribution in [3.8, 4) is 0 Å². The van der Waals surface area contributed by atoms with E-state index in [4.69, 9.17) is 4.74 Å². The van der Waals surface area contributed by atoms with Crippen LogP contribution in [0.2, 0.25) is 0 Å². The minimum Gasteiger partial charge on any atom is -0.481 e. The van der Waals surface area contributed by atoms with Crippen LogP contribution in [0.3, 0.4) is 0 Å². The fourth-order valence-electron chi connectivity index (χ4n) is 2.18. The summed E-state index contributed by atoms with van der Waals surface area (Å²) in [7, 11) is 0. The highest BCUT2D eigenvalue weighted by atomic mass is 32.1. The Morgan fingerprint density at radius 1 is 1.41 bits per heavy atom. The summed E-state index contributed by atoms with van der Waals surface area (Å²) in [6, 6.07) is 8.11. The molecule has 1 aromatic carbocycles. The van der Waals surface area contributed by atoms with E-state index in [-0.39, 0.29) is 0 Å². The van der Waals surface area contributed by atoms with Crippen LogP contribution in [-0.4, -0.2) is 24.3 Å². The van der Waals surface area contributed by atoms with Gasteiger partial charge < -0.3 is 9.84 Å². The Morgan fingerprint density at radius 2 is 2.18 bits per heavy atom. The summed E-state index contributed by atoms with van der Waals surface area (Å²) in [5, 5.41) is 12.5. The summed E-state index contributed by atoms with van der Waals surface area (Å²) < 4.78 is 6.29. The summed E-state index contributed by atoms with van der Waals surface area (Å²) in [5.74, 6) is -0.751. The lowest BCUT2D eigenvalue weighted by atomic mass is 9.80. The molecule has 3 nitrogen and oxygen atoms in total. The van der Waals surface area contributed by atoms with Crippen LogP contribution < -0.4 is 0 Å². The first-order valence-electron chi connectivity index (χ1n) is 5.48. The highest BCUT2D eigenvalue weighted by molar-refractivity contribution is 7.17. The van der Waals surface area contributed by atoms with Gasteiger partial charge in [-0.15, -0.1) is 11.3 Å². The van der Waals surface area contributed by atoms with Crippen molar-refractivity contribution in [1.82, 2.24) is 0 Å². The molecule has 1 aliphatic heterocycles. The lowest BCUT2D eigenvalue weighted by molar-refractivity contribution is -0.179. The van der Waals surface area contributed by atoms with Crippen LogP contribution in [0.1, 0.15) is 5.56 Å². The molecule has 0 atom stereocenters. The van der Waals surface area contributed by atoms with Gasteiger partial charge in [0.15, 0.2) is 0 Å². The quantitative estimate of drug-likeness (QED) is 0.908. The number of rotatable bonds is 3. The van der Waals surface area contributed by atoms with E-state index in [0.717, 1.165) is 5.56 Å². The van der Waals surface area contributed by atoms with Gasteiger partial charge in [-0.2, -0.15) is 0 Å². The molecule has 0 radical (unpaired) electrons. The van der Waals surface area contributed by atoms with E-state index >= 15 is 0 Å². The zero-order valence-corrected chi connectivity index (χ0v) is 10.00. The van der Waals surface area contributed by atoms with Gasteiger partial charge in [0.05, 0.1) is 13.2 Å². The van der Waals surface area contributed by atoms with Crippen LogP contribution in [0.5, 0.6) is 0 Å². The Hall–Kier alpha value is -1.39. The van der Waals surface area contributed by atoms with Gasteiger partial charge in [0.25, 0.3) is 0 Å². The molecule has 17 heavy (non-hydrogen) atoms. The summed E-state index contributed by atoms with van der Waals surface area (Å²) in [6.07, 6.45) is 0.562. The predicted molar refractivity (Wildman–Crippen MR) is 66.4 cm³/mol. The maximum atomic E-state index is 11.3. The molecule has 88 valence electrons. The number of carboxylic acids is 1. The molecule has 0 amide bonds. The highest BCUT2D eigenvalue weighted by Gasteiger charge is 2.46. The number of thiophene rings is 1. The molecular weight excluding hydrogens is 236 g/mol. The third-order valence-electron chi connectivity index (χ3n) is 3.30. The summed E-state index contributed by atoms with van der Waals surface area (Å²) in [5.41, 5.74) is 0.417. The Kier molecular flexibility index (Phi) is 2.42. The average Bonchev–Trinajstić information content (AvgIpc) is 2.66. The standard InChI is InChI=1S/C13H12O3S/c14-12(15)13(7-16-8-13)5-9-6-17-11-4-2-1-3-10(9)11/h1-4,6H,5,7-8H2,(H,14,15). The topological polar surface area (TPSA) is 46.5 Å². The maximum Gasteiger partial charge on any atom is 0.314 e. The van der Waals surface area contributed by atoms with Crippen molar-refractivity contribution in [2.45, 2.75) is 6.42 Å². The number of carboxylic acid groups (broad SMARTS) is 1. The molecule has 0 aliphatic carbocycles. The van der Waals surface area contributed by atoms with Crippen molar-refractivity contribution in [2.75, 3.05) is 13.2 Å². The smallest absolute Gasteiger partial charge is 0.314 e. The zero-order chi connectivity index (χ0) is 11.9. The van der Waals surface area contributed by atoms with Crippen molar-refractivity contribution in [3.05, 3.63) is 35.2 Å². The molecule has 0 saturated carbocycles. The first-order chi connectivity index (χ1) is 8.21. The van der Waals surface area contributed by atoms with Gasteiger partial charge in [0.2, 0.25) is 0 Å². The normalized spacial score (nSPS) is 17.9. The zero-order valence-electron chi connectivity index (χ0n) is 9.18. The number of carbonyl (C=O) groups is 1. The first kappa shape index (κ1) is 10.7. The number of hydrogen-bond acceptors (Lipinski definition) is 3. The monoisotopic (exact) mass is 248 g/mol. The lowest BCUT2D eigenvalue weighted by Gasteiger charge is -2.37. The van der Waals surface area contributed by atoms with Gasteiger partial charge in [0.1, 0.15) is 5.41 Å². The third-order valence-corrected chi connectivity index (χ3v) is 4.31. The third kappa shape index (κ3) is 1.64. The van der Waals surface area contributed by atoms with E-state index < -0.39 is 11.4 Å². The summed E-state index contributed by atoms with van der Waals surface area (Å²) >= 11 is 1.67. The van der Waals surface area contributed by atoms with Gasteiger partial charge in [-0.1, -0.05) is 18.2 Å². The number of benzene rings is 1. The SMILES string of the molecule is O=C(O)C1(Cc2csc3ccccc23)COC1. The molecule has 1 aromatic heterocycles. The van der Waals surface area contributed by atoms with Crippen molar-refractivity contribution in [1.29, 1.82) is 0 Å². The molecule has 0 bridgehead atoms. The van der Waals surface area contributed by atoms with Crippen LogP contribution in [0.25, 0.3) is 10.1 Å². The molecular formula is C13H12O3S. The van der Waals surface area contributed by atoms with Crippen LogP contribution in [0.4, 0.5) is 0 Å². The molecule has 0 unspecified atom stereocenters. The fourth-order valence-corrected chi connectivity index (χ4v) is 3.15. The highest BCUT2D eigenvalue weighted by Crippen LogP contribution is 2.36. The van der Waals surface area contributed by atoms with Crippen LogP contribution in [0, 0.1) is 5.41 Å². The molecule has 0 spiro atoms. The Bertz CT molecular complexity index is 569. The Morgan fingerprint density at radius 3 is 2.82 bits per heavy atom. The van der Waals surface area contributed by atoms with Crippen molar-refractivity contribution in [3.63, 3.8) is 0 Å². The number of hydrogen-bond donors (Lipinski definition) is 1. The molecule has 1 N–H and O–H groups in total. The van der Waals surface area contributed by atoms with E-state index in [2.05, 4.69) is 17.5 Å². The van der Waals surface area contributed by atoms with E-state index in [1.807, 2.05) is 12.1 Å². The van der Waals surface area contributed by atoms with Gasteiger partial charge in [-0.05, 0) is 28.8 Å².